The van der Waals surface area contributed by atoms with Gasteiger partial charge in [-0.2, -0.15) is 4.98 Å². The summed E-state index contributed by atoms with van der Waals surface area (Å²) in [6, 6.07) is 8.94. The third-order valence-corrected chi connectivity index (χ3v) is 6.37. The lowest BCUT2D eigenvalue weighted by Gasteiger charge is -2.24. The highest BCUT2D eigenvalue weighted by atomic mass is 16.6. The predicted molar refractivity (Wildman–Crippen MR) is 127 cm³/mol. The first-order valence-corrected chi connectivity index (χ1v) is 11.9. The molecule has 7 heteroatoms. The molecule has 3 aliphatic rings. The maximum Gasteiger partial charge on any atom is 0.351 e. The lowest BCUT2D eigenvalue weighted by atomic mass is 9.94. The van der Waals surface area contributed by atoms with Crippen LogP contribution in [-0.4, -0.2) is 54.7 Å². The fourth-order valence-electron chi connectivity index (χ4n) is 4.61. The van der Waals surface area contributed by atoms with E-state index in [9.17, 15) is 4.79 Å². The van der Waals surface area contributed by atoms with E-state index in [0.717, 1.165) is 43.5 Å². The fourth-order valence-corrected chi connectivity index (χ4v) is 4.61. The molecule has 1 fully saturated rings. The van der Waals surface area contributed by atoms with Gasteiger partial charge in [-0.1, -0.05) is 42.5 Å². The van der Waals surface area contributed by atoms with Gasteiger partial charge in [0, 0.05) is 24.2 Å². The van der Waals surface area contributed by atoms with Crippen molar-refractivity contribution in [1.82, 2.24) is 14.9 Å². The van der Waals surface area contributed by atoms with Crippen LogP contribution in [0.2, 0.25) is 0 Å². The molecule has 2 aromatic rings. The molecule has 0 spiro atoms. The second-order valence-electron chi connectivity index (χ2n) is 8.75. The van der Waals surface area contributed by atoms with Crippen molar-refractivity contribution in [2.75, 3.05) is 33.0 Å². The summed E-state index contributed by atoms with van der Waals surface area (Å²) >= 11 is 0. The van der Waals surface area contributed by atoms with Gasteiger partial charge in [0.15, 0.2) is 0 Å². The molecule has 0 radical (unpaired) electrons. The number of rotatable bonds is 8. The van der Waals surface area contributed by atoms with E-state index in [4.69, 9.17) is 14.2 Å². The average Bonchev–Trinajstić information content (AvgIpc) is 2.86. The molecule has 1 unspecified atom stereocenters. The van der Waals surface area contributed by atoms with Gasteiger partial charge in [-0.15, -0.1) is 0 Å². The number of fused-ring (bicyclic) bond motifs is 3. The second kappa shape index (κ2) is 10.5. The van der Waals surface area contributed by atoms with Gasteiger partial charge in [0.05, 0.1) is 25.5 Å². The van der Waals surface area contributed by atoms with E-state index in [-0.39, 0.29) is 11.8 Å². The highest BCUT2D eigenvalue weighted by molar-refractivity contribution is 5.67. The van der Waals surface area contributed by atoms with Crippen LogP contribution in [-0.2, 0) is 28.9 Å². The van der Waals surface area contributed by atoms with E-state index in [1.807, 2.05) is 6.07 Å². The maximum atomic E-state index is 12.6. The number of ether oxygens (including phenoxy) is 3. The highest BCUT2D eigenvalue weighted by Gasteiger charge is 2.21. The molecular weight excluding hydrogens is 418 g/mol. The van der Waals surface area contributed by atoms with Crippen LogP contribution < -0.4 is 15.7 Å². The molecule has 1 N–H and O–H groups in total. The molecule has 174 valence electrons. The van der Waals surface area contributed by atoms with Crippen molar-refractivity contribution in [3.63, 3.8) is 0 Å². The highest BCUT2D eigenvalue weighted by Crippen LogP contribution is 2.30. The summed E-state index contributed by atoms with van der Waals surface area (Å²) in [6.07, 6.45) is 12.5. The van der Waals surface area contributed by atoms with Crippen LogP contribution >= 0.6 is 0 Å². The van der Waals surface area contributed by atoms with Gasteiger partial charge in [-0.3, -0.25) is 4.57 Å². The lowest BCUT2D eigenvalue weighted by Crippen LogP contribution is -2.34. The maximum absolute atomic E-state index is 12.6. The minimum absolute atomic E-state index is 0.130. The summed E-state index contributed by atoms with van der Waals surface area (Å²) in [5.74, 6) is 0.343. The Bertz CT molecular complexity index is 1090. The van der Waals surface area contributed by atoms with Gasteiger partial charge in [-0.25, -0.2) is 4.79 Å². The Morgan fingerprint density at radius 3 is 3.03 bits per heavy atom. The lowest BCUT2D eigenvalue weighted by molar-refractivity contribution is -0.102. The van der Waals surface area contributed by atoms with Gasteiger partial charge < -0.3 is 19.5 Å². The Morgan fingerprint density at radius 1 is 1.21 bits per heavy atom. The minimum Gasteiger partial charge on any atom is -0.475 e. The van der Waals surface area contributed by atoms with Crippen molar-refractivity contribution in [2.45, 2.75) is 44.4 Å². The summed E-state index contributed by atoms with van der Waals surface area (Å²) in [4.78, 5) is 16.7. The molecule has 2 atom stereocenters. The van der Waals surface area contributed by atoms with Crippen LogP contribution in [0, 0.1) is 0 Å². The van der Waals surface area contributed by atoms with Crippen molar-refractivity contribution < 1.29 is 14.2 Å². The number of aryl methyl sites for hydroxylation is 2. The van der Waals surface area contributed by atoms with Crippen molar-refractivity contribution in [2.24, 2.45) is 0 Å². The molecule has 7 nitrogen and oxygen atoms in total. The molecule has 1 aromatic carbocycles. The molecule has 1 aromatic heterocycles. The van der Waals surface area contributed by atoms with E-state index < -0.39 is 0 Å². The number of allylic oxidation sites excluding steroid dienone is 2. The van der Waals surface area contributed by atoms with Crippen molar-refractivity contribution >= 4 is 0 Å². The van der Waals surface area contributed by atoms with Crippen LogP contribution in [0.3, 0.4) is 0 Å². The fraction of sp³-hybridized carbons (Fsp3) is 0.462. The molecule has 1 saturated heterocycles. The number of aromatic nitrogens is 2. The third-order valence-electron chi connectivity index (χ3n) is 6.37. The standard InChI is InChI=1S/C26H31N3O4/c30-26-28-25(33-18-22-17-31-13-14-32-22)16-24-23-9-8-19(15-20(23)10-12-29(24)26)5-4-11-27-21-6-2-1-3-7-21/h1-3,6,8-9,15-16,21-22,27H,4-5,7,10-14,17-18H2/t21?,22-/m1/s1. The van der Waals surface area contributed by atoms with Crippen molar-refractivity contribution in [3.8, 4) is 17.1 Å². The smallest absolute Gasteiger partial charge is 0.351 e. The summed E-state index contributed by atoms with van der Waals surface area (Å²) in [5, 5.41) is 3.60. The second-order valence-corrected chi connectivity index (χ2v) is 8.75. The quantitative estimate of drug-likeness (QED) is 0.625. The number of hydrogen-bond donors (Lipinski definition) is 1. The monoisotopic (exact) mass is 449 g/mol. The van der Waals surface area contributed by atoms with Gasteiger partial charge >= 0.3 is 5.69 Å². The minimum atomic E-state index is -0.268. The summed E-state index contributed by atoms with van der Waals surface area (Å²) in [6.45, 7) is 3.64. The largest absolute Gasteiger partial charge is 0.475 e. The number of benzene rings is 1. The van der Waals surface area contributed by atoms with Crippen LogP contribution in [0.15, 0.2) is 53.4 Å². The van der Waals surface area contributed by atoms with Crippen molar-refractivity contribution in [3.05, 3.63) is 70.2 Å². The summed E-state index contributed by atoms with van der Waals surface area (Å²) in [7, 11) is 0. The molecule has 5 rings (SSSR count). The topological polar surface area (TPSA) is 74.6 Å². The first-order chi connectivity index (χ1) is 16.3. The van der Waals surface area contributed by atoms with E-state index in [0.29, 0.717) is 44.9 Å². The molecule has 0 amide bonds. The normalized spacial score (nSPS) is 21.5. The van der Waals surface area contributed by atoms with E-state index in [1.165, 1.54) is 11.1 Å². The van der Waals surface area contributed by atoms with E-state index >= 15 is 0 Å². The molecule has 0 bridgehead atoms. The predicted octanol–water partition coefficient (Wildman–Crippen LogP) is 2.67. The third kappa shape index (κ3) is 5.43. The van der Waals surface area contributed by atoms with Crippen LogP contribution in [0.1, 0.15) is 24.0 Å². The Morgan fingerprint density at radius 2 is 2.18 bits per heavy atom. The van der Waals surface area contributed by atoms with Gasteiger partial charge in [0.2, 0.25) is 5.88 Å². The van der Waals surface area contributed by atoms with E-state index in [2.05, 4.69) is 52.8 Å². The van der Waals surface area contributed by atoms with Crippen LogP contribution in [0.25, 0.3) is 11.3 Å². The van der Waals surface area contributed by atoms with Gasteiger partial charge in [0.25, 0.3) is 0 Å². The Kier molecular flexibility index (Phi) is 7.00. The number of nitrogens with one attached hydrogen (secondary N) is 1. The molecule has 1 aliphatic carbocycles. The molecule has 3 heterocycles. The first-order valence-electron chi connectivity index (χ1n) is 11.9. The molecular formula is C26H31N3O4. The Balaban J connectivity index is 1.23. The molecule has 2 aliphatic heterocycles. The first kappa shape index (κ1) is 22.1. The Hall–Kier alpha value is -2.74. The zero-order valence-electron chi connectivity index (χ0n) is 18.9. The zero-order chi connectivity index (χ0) is 22.5. The summed E-state index contributed by atoms with van der Waals surface area (Å²) < 4.78 is 18.6. The van der Waals surface area contributed by atoms with Gasteiger partial charge in [0.1, 0.15) is 12.7 Å². The average molecular weight is 450 g/mol. The molecule has 33 heavy (non-hydrogen) atoms. The molecule has 0 saturated carbocycles. The number of hydrogen-bond acceptors (Lipinski definition) is 6. The van der Waals surface area contributed by atoms with Crippen molar-refractivity contribution in [1.29, 1.82) is 0 Å². The Labute approximate surface area is 194 Å². The number of nitrogens with zero attached hydrogens (tertiary/aromatic N) is 2. The van der Waals surface area contributed by atoms with Crippen LogP contribution in [0.5, 0.6) is 5.88 Å². The summed E-state index contributed by atoms with van der Waals surface area (Å²) in [5.41, 5.74) is 4.31. The van der Waals surface area contributed by atoms with Crippen LogP contribution in [0.4, 0.5) is 0 Å². The van der Waals surface area contributed by atoms with Gasteiger partial charge in [-0.05, 0) is 43.4 Å². The zero-order valence-corrected chi connectivity index (χ0v) is 18.9. The van der Waals surface area contributed by atoms with E-state index in [1.54, 1.807) is 4.57 Å². The SMILES string of the molecule is O=c1nc(OC[C@H]2COCCO2)cc2n1CCc1cc(CCCNC3C=CC=CC3)ccc1-2.